The smallest absolute Gasteiger partial charge is 0.339 e. The number of carboxylic acid groups (broad SMARTS) is 2. The number of rotatable bonds is 6. The number of aliphatic carboxylic acids is 1. The predicted octanol–water partition coefficient (Wildman–Crippen LogP) is 1.33. The number of anilines is 1. The fourth-order valence-corrected chi connectivity index (χ4v) is 2.17. The van der Waals surface area contributed by atoms with Crippen LogP contribution in [0.25, 0.3) is 10.9 Å². The second-order valence-electron chi connectivity index (χ2n) is 4.73. The molecule has 1 heterocycles. The molecule has 9 heteroatoms. The Hall–Kier alpha value is -2.87. The van der Waals surface area contributed by atoms with E-state index in [1.807, 2.05) is 0 Å². The molecular formula is C14H12ClN3O5. The summed E-state index contributed by atoms with van der Waals surface area (Å²) in [7, 11) is 0. The standard InChI is InChI=1S/C14H12ClN3O5/c15-7-1-2-9-6(3-7)4-8(13(20)21)12(17-9)18-10(14(22)23)5-11(16)19/h1-4,10H,5H2,(H2,16,19)(H,17,18)(H,20,21)(H,22,23). The maximum atomic E-state index is 11.4. The number of hydrogen-bond donors (Lipinski definition) is 4. The summed E-state index contributed by atoms with van der Waals surface area (Å²) in [5.74, 6) is -3.65. The Morgan fingerprint density at radius 2 is 1.96 bits per heavy atom. The highest BCUT2D eigenvalue weighted by Gasteiger charge is 2.23. The number of carbonyl (C=O) groups excluding carboxylic acids is 1. The molecule has 0 aliphatic rings. The molecule has 1 aromatic heterocycles. The van der Waals surface area contributed by atoms with Gasteiger partial charge in [-0.05, 0) is 24.3 Å². The number of carbonyl (C=O) groups is 3. The molecule has 1 atom stereocenters. The number of fused-ring (bicyclic) bond motifs is 1. The van der Waals surface area contributed by atoms with Crippen molar-refractivity contribution in [3.63, 3.8) is 0 Å². The third-order valence-corrected chi connectivity index (χ3v) is 3.26. The van der Waals surface area contributed by atoms with Gasteiger partial charge in [0.05, 0.1) is 11.9 Å². The number of primary amides is 1. The van der Waals surface area contributed by atoms with Gasteiger partial charge in [0.2, 0.25) is 5.91 Å². The maximum Gasteiger partial charge on any atom is 0.339 e. The molecule has 1 unspecified atom stereocenters. The lowest BCUT2D eigenvalue weighted by Crippen LogP contribution is -2.34. The Kier molecular flexibility index (Phi) is 4.65. The zero-order valence-electron chi connectivity index (χ0n) is 11.6. The molecule has 0 aliphatic carbocycles. The molecule has 0 saturated heterocycles. The van der Waals surface area contributed by atoms with Gasteiger partial charge in [0.25, 0.3) is 0 Å². The van der Waals surface area contributed by atoms with Gasteiger partial charge >= 0.3 is 11.9 Å². The van der Waals surface area contributed by atoms with E-state index >= 15 is 0 Å². The molecule has 1 aromatic carbocycles. The Labute approximate surface area is 134 Å². The molecular weight excluding hydrogens is 326 g/mol. The van der Waals surface area contributed by atoms with Crippen LogP contribution in [0.3, 0.4) is 0 Å². The number of nitrogens with two attached hydrogens (primary N) is 1. The first-order valence-electron chi connectivity index (χ1n) is 6.39. The van der Waals surface area contributed by atoms with E-state index in [0.717, 1.165) is 0 Å². The van der Waals surface area contributed by atoms with Crippen LogP contribution in [0.4, 0.5) is 5.82 Å². The number of aromatic nitrogens is 1. The number of nitrogens with zero attached hydrogens (tertiary/aromatic N) is 1. The largest absolute Gasteiger partial charge is 0.480 e. The summed E-state index contributed by atoms with van der Waals surface area (Å²) in [5, 5.41) is 21.7. The minimum atomic E-state index is -1.39. The van der Waals surface area contributed by atoms with E-state index in [-0.39, 0.29) is 11.4 Å². The van der Waals surface area contributed by atoms with Gasteiger partial charge < -0.3 is 21.3 Å². The van der Waals surface area contributed by atoms with Crippen LogP contribution in [0.2, 0.25) is 5.02 Å². The summed E-state index contributed by atoms with van der Waals surface area (Å²) in [6, 6.07) is 4.61. The Bertz CT molecular complexity index is 808. The lowest BCUT2D eigenvalue weighted by Gasteiger charge is -2.16. The number of amides is 1. The lowest BCUT2D eigenvalue weighted by atomic mass is 10.1. The molecule has 0 fully saturated rings. The zero-order chi connectivity index (χ0) is 17.1. The van der Waals surface area contributed by atoms with E-state index in [1.54, 1.807) is 12.1 Å². The predicted molar refractivity (Wildman–Crippen MR) is 82.6 cm³/mol. The van der Waals surface area contributed by atoms with Crippen LogP contribution in [-0.4, -0.2) is 39.1 Å². The first kappa shape index (κ1) is 16.5. The number of halogens is 1. The molecule has 23 heavy (non-hydrogen) atoms. The molecule has 0 saturated carbocycles. The molecule has 5 N–H and O–H groups in total. The SMILES string of the molecule is NC(=O)CC(Nc1nc2ccc(Cl)cc2cc1C(=O)O)C(=O)O. The molecule has 0 aliphatic heterocycles. The van der Waals surface area contributed by atoms with Crippen LogP contribution >= 0.6 is 11.6 Å². The van der Waals surface area contributed by atoms with Crippen LogP contribution < -0.4 is 11.1 Å². The summed E-state index contributed by atoms with van der Waals surface area (Å²) in [6.45, 7) is 0. The first-order valence-corrected chi connectivity index (χ1v) is 6.77. The molecule has 1 amide bonds. The molecule has 0 spiro atoms. The number of hydrogen-bond acceptors (Lipinski definition) is 5. The number of carboxylic acids is 2. The van der Waals surface area contributed by atoms with Gasteiger partial charge in [-0.3, -0.25) is 4.79 Å². The number of benzene rings is 1. The summed E-state index contributed by atoms with van der Waals surface area (Å²) < 4.78 is 0. The van der Waals surface area contributed by atoms with Crippen LogP contribution in [0.1, 0.15) is 16.8 Å². The van der Waals surface area contributed by atoms with Crippen molar-refractivity contribution >= 4 is 46.2 Å². The zero-order valence-corrected chi connectivity index (χ0v) is 12.4. The number of pyridine rings is 1. The van der Waals surface area contributed by atoms with E-state index < -0.39 is 30.3 Å². The summed E-state index contributed by atoms with van der Waals surface area (Å²) >= 11 is 5.85. The van der Waals surface area contributed by atoms with Crippen molar-refractivity contribution in [3.8, 4) is 0 Å². The number of aromatic carboxylic acids is 1. The molecule has 120 valence electrons. The molecule has 2 aromatic rings. The quantitative estimate of drug-likeness (QED) is 0.622. The average Bonchev–Trinajstić information content (AvgIpc) is 2.45. The third kappa shape index (κ3) is 3.86. The molecule has 0 radical (unpaired) electrons. The molecule has 0 bridgehead atoms. The lowest BCUT2D eigenvalue weighted by molar-refractivity contribution is -0.139. The van der Waals surface area contributed by atoms with E-state index in [4.69, 9.17) is 22.4 Å². The second-order valence-corrected chi connectivity index (χ2v) is 5.17. The minimum absolute atomic E-state index is 0.166. The van der Waals surface area contributed by atoms with Crippen LogP contribution in [0.15, 0.2) is 24.3 Å². The van der Waals surface area contributed by atoms with Crippen molar-refractivity contribution in [2.75, 3.05) is 5.32 Å². The summed E-state index contributed by atoms with van der Waals surface area (Å²) in [6.07, 6.45) is -0.505. The normalized spacial score (nSPS) is 11.9. The van der Waals surface area contributed by atoms with Crippen molar-refractivity contribution in [1.29, 1.82) is 0 Å². The summed E-state index contributed by atoms with van der Waals surface area (Å²) in [5.41, 5.74) is 5.18. The highest BCUT2D eigenvalue weighted by atomic mass is 35.5. The van der Waals surface area contributed by atoms with Crippen molar-refractivity contribution in [1.82, 2.24) is 4.98 Å². The topological polar surface area (TPSA) is 143 Å². The van der Waals surface area contributed by atoms with Gasteiger partial charge in [-0.2, -0.15) is 0 Å². The van der Waals surface area contributed by atoms with E-state index in [1.165, 1.54) is 12.1 Å². The van der Waals surface area contributed by atoms with Gasteiger partial charge in [0.15, 0.2) is 0 Å². The second kappa shape index (κ2) is 6.49. The van der Waals surface area contributed by atoms with Gasteiger partial charge in [-0.25, -0.2) is 14.6 Å². The van der Waals surface area contributed by atoms with Gasteiger partial charge in [-0.1, -0.05) is 11.6 Å². The Balaban J connectivity index is 2.51. The third-order valence-electron chi connectivity index (χ3n) is 3.02. The first-order chi connectivity index (χ1) is 10.8. The highest BCUT2D eigenvalue weighted by Crippen LogP contribution is 2.24. The van der Waals surface area contributed by atoms with Crippen molar-refractivity contribution in [3.05, 3.63) is 34.9 Å². The van der Waals surface area contributed by atoms with Crippen LogP contribution in [0, 0.1) is 0 Å². The average molecular weight is 338 g/mol. The minimum Gasteiger partial charge on any atom is -0.480 e. The van der Waals surface area contributed by atoms with Crippen LogP contribution in [0.5, 0.6) is 0 Å². The monoisotopic (exact) mass is 337 g/mol. The Morgan fingerprint density at radius 3 is 2.52 bits per heavy atom. The fraction of sp³-hybridized carbons (Fsp3) is 0.143. The fourth-order valence-electron chi connectivity index (χ4n) is 1.99. The van der Waals surface area contributed by atoms with Crippen molar-refractivity contribution in [2.24, 2.45) is 5.73 Å². The van der Waals surface area contributed by atoms with Gasteiger partial charge in [0, 0.05) is 10.4 Å². The van der Waals surface area contributed by atoms with Crippen molar-refractivity contribution < 1.29 is 24.6 Å². The van der Waals surface area contributed by atoms with Crippen LogP contribution in [-0.2, 0) is 9.59 Å². The molecule has 2 rings (SSSR count). The van der Waals surface area contributed by atoms with Crippen molar-refractivity contribution in [2.45, 2.75) is 12.5 Å². The van der Waals surface area contributed by atoms with E-state index in [2.05, 4.69) is 10.3 Å². The highest BCUT2D eigenvalue weighted by molar-refractivity contribution is 6.31. The summed E-state index contributed by atoms with van der Waals surface area (Å²) in [4.78, 5) is 37.6. The molecule has 8 nitrogen and oxygen atoms in total. The Morgan fingerprint density at radius 1 is 1.26 bits per heavy atom. The number of nitrogens with one attached hydrogen (secondary N) is 1. The van der Waals surface area contributed by atoms with Gasteiger partial charge in [-0.15, -0.1) is 0 Å². The van der Waals surface area contributed by atoms with Gasteiger partial charge in [0.1, 0.15) is 17.4 Å². The van der Waals surface area contributed by atoms with E-state index in [9.17, 15) is 19.5 Å². The van der Waals surface area contributed by atoms with E-state index in [0.29, 0.717) is 15.9 Å². The maximum absolute atomic E-state index is 11.4.